The molecule has 0 aliphatic carbocycles. The van der Waals surface area contributed by atoms with E-state index in [1.807, 2.05) is 35.0 Å². The molecule has 2 aromatic heterocycles. The summed E-state index contributed by atoms with van der Waals surface area (Å²) < 4.78 is 6.34. The van der Waals surface area contributed by atoms with E-state index in [2.05, 4.69) is 15.0 Å². The predicted molar refractivity (Wildman–Crippen MR) is 68.5 cm³/mol. The molecule has 0 radical (unpaired) electrons. The van der Waals surface area contributed by atoms with Crippen molar-refractivity contribution in [1.29, 1.82) is 0 Å². The van der Waals surface area contributed by atoms with Crippen molar-refractivity contribution in [3.63, 3.8) is 0 Å². The van der Waals surface area contributed by atoms with Crippen molar-refractivity contribution in [2.75, 3.05) is 13.7 Å². The number of fused-ring (bicyclic) bond motifs is 1. The highest BCUT2D eigenvalue weighted by Crippen LogP contribution is 2.04. The lowest BCUT2D eigenvalue weighted by atomic mass is 10.3. The van der Waals surface area contributed by atoms with Gasteiger partial charge in [-0.25, -0.2) is 4.98 Å². The van der Waals surface area contributed by atoms with Gasteiger partial charge < -0.3 is 14.5 Å². The molecule has 6 heteroatoms. The number of esters is 1. The van der Waals surface area contributed by atoms with E-state index in [1.54, 1.807) is 0 Å². The van der Waals surface area contributed by atoms with Crippen LogP contribution in [0.25, 0.3) is 5.65 Å². The van der Waals surface area contributed by atoms with E-state index in [4.69, 9.17) is 0 Å². The van der Waals surface area contributed by atoms with Crippen LogP contribution in [0.4, 0.5) is 0 Å². The van der Waals surface area contributed by atoms with Gasteiger partial charge in [0.05, 0.1) is 25.6 Å². The topological polar surface area (TPSA) is 72.7 Å². The number of nitrogens with zero attached hydrogens (tertiary/aromatic N) is 2. The third-order valence-electron chi connectivity index (χ3n) is 2.63. The molecular formula is C13H15N3O3. The van der Waals surface area contributed by atoms with Gasteiger partial charge in [0, 0.05) is 18.9 Å². The molecule has 0 aliphatic rings. The minimum Gasteiger partial charge on any atom is -0.469 e. The zero-order chi connectivity index (χ0) is 13.7. The first kappa shape index (κ1) is 13.1. The maximum absolute atomic E-state index is 11.6. The number of hydrogen-bond acceptors (Lipinski definition) is 4. The van der Waals surface area contributed by atoms with E-state index in [-0.39, 0.29) is 31.3 Å². The molecule has 0 spiro atoms. The maximum atomic E-state index is 11.6. The van der Waals surface area contributed by atoms with Gasteiger partial charge in [-0.15, -0.1) is 0 Å². The van der Waals surface area contributed by atoms with Crippen LogP contribution in [0.5, 0.6) is 0 Å². The number of aromatic nitrogens is 2. The number of ether oxygens (including phenoxy) is 1. The standard InChI is InChI=1S/C13H15N3O3/c1-19-13(18)5-6-14-12(17)8-10-9-16-7-3-2-4-11(16)15-10/h2-4,7,9H,5-6,8H2,1H3,(H,14,17). The molecule has 100 valence electrons. The quantitative estimate of drug-likeness (QED) is 0.798. The first-order valence-electron chi connectivity index (χ1n) is 5.95. The fourth-order valence-electron chi connectivity index (χ4n) is 1.71. The van der Waals surface area contributed by atoms with Crippen molar-refractivity contribution < 1.29 is 14.3 Å². The maximum Gasteiger partial charge on any atom is 0.307 e. The van der Waals surface area contributed by atoms with Gasteiger partial charge in [0.2, 0.25) is 5.91 Å². The first-order valence-corrected chi connectivity index (χ1v) is 5.95. The second kappa shape index (κ2) is 5.99. The molecule has 19 heavy (non-hydrogen) atoms. The van der Waals surface area contributed by atoms with E-state index < -0.39 is 0 Å². The summed E-state index contributed by atoms with van der Waals surface area (Å²) in [4.78, 5) is 26.8. The lowest BCUT2D eigenvalue weighted by Gasteiger charge is -2.02. The van der Waals surface area contributed by atoms with Crippen LogP contribution >= 0.6 is 0 Å². The Balaban J connectivity index is 1.86. The molecule has 0 saturated carbocycles. The van der Waals surface area contributed by atoms with Gasteiger partial charge in [0.25, 0.3) is 0 Å². The number of pyridine rings is 1. The third-order valence-corrected chi connectivity index (χ3v) is 2.63. The average molecular weight is 261 g/mol. The Kier molecular flexibility index (Phi) is 4.12. The minimum atomic E-state index is -0.340. The summed E-state index contributed by atoms with van der Waals surface area (Å²) in [5.41, 5.74) is 1.50. The molecule has 0 aliphatic heterocycles. The van der Waals surface area contributed by atoms with Crippen molar-refractivity contribution >= 4 is 17.5 Å². The third kappa shape index (κ3) is 3.54. The average Bonchev–Trinajstić information content (AvgIpc) is 2.80. The van der Waals surface area contributed by atoms with Crippen LogP contribution in [-0.4, -0.2) is 34.9 Å². The minimum absolute atomic E-state index is 0.160. The Bertz CT molecular complexity index is 559. The molecule has 2 aromatic rings. The van der Waals surface area contributed by atoms with Gasteiger partial charge in [-0.3, -0.25) is 9.59 Å². The molecule has 1 amide bonds. The van der Waals surface area contributed by atoms with Crippen molar-refractivity contribution in [3.8, 4) is 0 Å². The fraction of sp³-hybridized carbons (Fsp3) is 0.308. The van der Waals surface area contributed by atoms with E-state index in [0.717, 1.165) is 5.65 Å². The zero-order valence-electron chi connectivity index (χ0n) is 10.6. The summed E-state index contributed by atoms with van der Waals surface area (Å²) in [7, 11) is 1.32. The Labute approximate surface area is 110 Å². The Morgan fingerprint density at radius 3 is 3.00 bits per heavy atom. The molecule has 1 N–H and O–H groups in total. The largest absolute Gasteiger partial charge is 0.469 e. The van der Waals surface area contributed by atoms with Crippen LogP contribution in [0.3, 0.4) is 0 Å². The number of hydrogen-bond donors (Lipinski definition) is 1. The molecule has 0 aromatic carbocycles. The second-order valence-electron chi connectivity index (χ2n) is 4.05. The predicted octanol–water partition coefficient (Wildman–Crippen LogP) is 0.556. The highest BCUT2D eigenvalue weighted by Gasteiger charge is 2.08. The number of carbonyl (C=O) groups is 2. The van der Waals surface area contributed by atoms with Crippen LogP contribution in [0, 0.1) is 0 Å². The molecule has 0 atom stereocenters. The smallest absolute Gasteiger partial charge is 0.307 e. The number of amides is 1. The lowest BCUT2D eigenvalue weighted by Crippen LogP contribution is -2.27. The number of carbonyl (C=O) groups excluding carboxylic acids is 2. The van der Waals surface area contributed by atoms with Crippen molar-refractivity contribution in [1.82, 2.24) is 14.7 Å². The van der Waals surface area contributed by atoms with Gasteiger partial charge >= 0.3 is 5.97 Å². The Morgan fingerprint density at radius 1 is 1.42 bits per heavy atom. The van der Waals surface area contributed by atoms with Crippen molar-refractivity contribution in [2.45, 2.75) is 12.8 Å². The molecule has 2 heterocycles. The van der Waals surface area contributed by atoms with Gasteiger partial charge in [0.1, 0.15) is 5.65 Å². The highest BCUT2D eigenvalue weighted by atomic mass is 16.5. The second-order valence-corrected chi connectivity index (χ2v) is 4.05. The van der Waals surface area contributed by atoms with Gasteiger partial charge in [-0.1, -0.05) is 6.07 Å². The van der Waals surface area contributed by atoms with Crippen LogP contribution in [-0.2, 0) is 20.7 Å². The summed E-state index contributed by atoms with van der Waals surface area (Å²) in [5, 5.41) is 2.65. The van der Waals surface area contributed by atoms with Crippen molar-refractivity contribution in [3.05, 3.63) is 36.3 Å². The number of imidazole rings is 1. The van der Waals surface area contributed by atoms with Crippen molar-refractivity contribution in [2.24, 2.45) is 0 Å². The number of rotatable bonds is 5. The number of methoxy groups -OCH3 is 1. The van der Waals surface area contributed by atoms with Crippen LogP contribution in [0.15, 0.2) is 30.6 Å². The van der Waals surface area contributed by atoms with Crippen LogP contribution < -0.4 is 5.32 Å². The summed E-state index contributed by atoms with van der Waals surface area (Å²) >= 11 is 0. The summed E-state index contributed by atoms with van der Waals surface area (Å²) in [6.45, 7) is 0.277. The Hall–Kier alpha value is -2.37. The van der Waals surface area contributed by atoms with E-state index in [9.17, 15) is 9.59 Å². The summed E-state index contributed by atoms with van der Waals surface area (Å²) in [6.07, 6.45) is 4.06. The molecule has 0 fully saturated rings. The lowest BCUT2D eigenvalue weighted by molar-refractivity contribution is -0.140. The van der Waals surface area contributed by atoms with Gasteiger partial charge in [-0.2, -0.15) is 0 Å². The zero-order valence-corrected chi connectivity index (χ0v) is 10.6. The summed E-state index contributed by atoms with van der Waals surface area (Å²) in [5.74, 6) is -0.500. The molecule has 2 rings (SSSR count). The molecular weight excluding hydrogens is 246 g/mol. The van der Waals surface area contributed by atoms with E-state index in [0.29, 0.717) is 5.69 Å². The highest BCUT2D eigenvalue weighted by molar-refractivity contribution is 5.79. The molecule has 0 saturated heterocycles. The van der Waals surface area contributed by atoms with E-state index >= 15 is 0 Å². The Morgan fingerprint density at radius 2 is 2.26 bits per heavy atom. The van der Waals surface area contributed by atoms with E-state index in [1.165, 1.54) is 7.11 Å². The molecule has 0 unspecified atom stereocenters. The molecule has 6 nitrogen and oxygen atoms in total. The normalized spacial score (nSPS) is 10.4. The van der Waals surface area contributed by atoms with Gasteiger partial charge in [0.15, 0.2) is 0 Å². The van der Waals surface area contributed by atoms with Crippen LogP contribution in [0.2, 0.25) is 0 Å². The van der Waals surface area contributed by atoms with Gasteiger partial charge in [-0.05, 0) is 12.1 Å². The fourth-order valence-corrected chi connectivity index (χ4v) is 1.71. The SMILES string of the molecule is COC(=O)CCNC(=O)Cc1cn2ccccc2n1. The monoisotopic (exact) mass is 261 g/mol. The number of nitrogens with one attached hydrogen (secondary N) is 1. The first-order chi connectivity index (χ1) is 9.19. The van der Waals surface area contributed by atoms with Crippen LogP contribution in [0.1, 0.15) is 12.1 Å². The summed E-state index contributed by atoms with van der Waals surface area (Å²) in [6, 6.07) is 5.66. The molecule has 0 bridgehead atoms.